The maximum absolute atomic E-state index is 4.76. The Morgan fingerprint density at radius 2 is 2.28 bits per heavy atom. The predicted molar refractivity (Wildman–Crippen MR) is 70.3 cm³/mol. The van der Waals surface area contributed by atoms with Crippen LogP contribution in [0.1, 0.15) is 33.5 Å². The van der Waals surface area contributed by atoms with Crippen molar-refractivity contribution in [3.63, 3.8) is 0 Å². The first-order chi connectivity index (χ1) is 8.47. The van der Waals surface area contributed by atoms with Crippen molar-refractivity contribution in [3.05, 3.63) is 12.2 Å². The lowest BCUT2D eigenvalue weighted by Gasteiger charge is -2.44. The van der Waals surface area contributed by atoms with Crippen LogP contribution in [0.4, 0.5) is 0 Å². The molecular weight excluding hydrogens is 228 g/mol. The second-order valence-corrected chi connectivity index (χ2v) is 6.27. The Bertz CT molecular complexity index is 358. The van der Waals surface area contributed by atoms with Gasteiger partial charge in [0.1, 0.15) is 0 Å². The molecule has 0 saturated carbocycles. The predicted octanol–water partition coefficient (Wildman–Crippen LogP) is 1.32. The van der Waals surface area contributed by atoms with Crippen LogP contribution in [0.15, 0.2) is 10.9 Å². The van der Waals surface area contributed by atoms with Crippen molar-refractivity contribution in [1.82, 2.24) is 20.4 Å². The monoisotopic (exact) mass is 252 g/mol. The van der Waals surface area contributed by atoms with E-state index in [2.05, 4.69) is 48.1 Å². The Morgan fingerprint density at radius 1 is 1.50 bits per heavy atom. The number of rotatable bonds is 3. The Morgan fingerprint density at radius 3 is 2.89 bits per heavy atom. The smallest absolute Gasteiger partial charge is 0.213 e. The van der Waals surface area contributed by atoms with Crippen LogP contribution in [0.25, 0.3) is 0 Å². The van der Waals surface area contributed by atoms with Gasteiger partial charge in [-0.2, -0.15) is 4.98 Å². The van der Waals surface area contributed by atoms with E-state index in [4.69, 9.17) is 4.52 Å². The van der Waals surface area contributed by atoms with Gasteiger partial charge in [0.2, 0.25) is 6.39 Å². The van der Waals surface area contributed by atoms with Gasteiger partial charge in [-0.25, -0.2) is 0 Å². The molecule has 1 aromatic heterocycles. The van der Waals surface area contributed by atoms with Gasteiger partial charge in [-0.1, -0.05) is 25.9 Å². The Balaban J connectivity index is 1.89. The van der Waals surface area contributed by atoms with E-state index in [1.165, 1.54) is 6.39 Å². The van der Waals surface area contributed by atoms with Gasteiger partial charge >= 0.3 is 0 Å². The number of piperazine rings is 1. The molecule has 1 N–H and O–H groups in total. The zero-order chi connectivity index (χ0) is 13.2. The molecule has 1 fully saturated rings. The molecule has 18 heavy (non-hydrogen) atoms. The van der Waals surface area contributed by atoms with Crippen molar-refractivity contribution >= 4 is 0 Å². The molecular formula is C13H24N4O. The summed E-state index contributed by atoms with van der Waals surface area (Å²) in [6, 6.07) is 1.11. The summed E-state index contributed by atoms with van der Waals surface area (Å²) in [7, 11) is 0. The van der Waals surface area contributed by atoms with Crippen molar-refractivity contribution < 1.29 is 4.52 Å². The topological polar surface area (TPSA) is 54.2 Å². The van der Waals surface area contributed by atoms with Crippen LogP contribution in [0.2, 0.25) is 0 Å². The van der Waals surface area contributed by atoms with E-state index >= 15 is 0 Å². The van der Waals surface area contributed by atoms with Gasteiger partial charge in [0.25, 0.3) is 0 Å². The Labute approximate surface area is 109 Å². The van der Waals surface area contributed by atoms with Gasteiger partial charge in [0.15, 0.2) is 5.82 Å². The molecule has 2 heterocycles. The van der Waals surface area contributed by atoms with Crippen LogP contribution >= 0.6 is 0 Å². The fourth-order valence-corrected chi connectivity index (χ4v) is 2.36. The second kappa shape index (κ2) is 5.36. The Kier molecular flexibility index (Phi) is 4.02. The summed E-state index contributed by atoms with van der Waals surface area (Å²) in [5.41, 5.74) is 0.296. The molecule has 2 rings (SSSR count). The Hall–Kier alpha value is -0.940. The molecule has 0 radical (unpaired) electrons. The molecule has 2 unspecified atom stereocenters. The summed E-state index contributed by atoms with van der Waals surface area (Å²) in [5.74, 6) is 0.799. The standard InChI is InChI=1S/C13H24N4O/c1-10-7-14-11(13(2,3)4)8-17(10)6-5-12-15-9-18-16-12/h9-11,14H,5-8H2,1-4H3. The number of nitrogens with one attached hydrogen (secondary N) is 1. The summed E-state index contributed by atoms with van der Waals surface area (Å²) < 4.78 is 4.76. The van der Waals surface area contributed by atoms with Gasteiger partial charge in [0, 0.05) is 38.1 Å². The molecule has 0 aliphatic carbocycles. The molecule has 0 spiro atoms. The molecule has 102 valence electrons. The minimum absolute atomic E-state index is 0.296. The van der Waals surface area contributed by atoms with Crippen LogP contribution < -0.4 is 5.32 Å². The molecule has 1 aromatic rings. The van der Waals surface area contributed by atoms with Crippen molar-refractivity contribution in [2.75, 3.05) is 19.6 Å². The number of hydrogen-bond acceptors (Lipinski definition) is 5. The van der Waals surface area contributed by atoms with Crippen LogP contribution in [-0.4, -0.2) is 46.8 Å². The first kappa shape index (κ1) is 13.5. The molecule has 1 saturated heterocycles. The molecule has 0 bridgehead atoms. The average molecular weight is 252 g/mol. The van der Waals surface area contributed by atoms with Crippen LogP contribution in [0, 0.1) is 5.41 Å². The minimum atomic E-state index is 0.296. The first-order valence-electron chi connectivity index (χ1n) is 6.69. The van der Waals surface area contributed by atoms with Crippen molar-refractivity contribution in [1.29, 1.82) is 0 Å². The number of aromatic nitrogens is 2. The molecule has 5 nitrogen and oxygen atoms in total. The summed E-state index contributed by atoms with van der Waals surface area (Å²) in [6.07, 6.45) is 2.26. The van der Waals surface area contributed by atoms with Gasteiger partial charge in [-0.15, -0.1) is 0 Å². The maximum Gasteiger partial charge on any atom is 0.213 e. The molecule has 2 atom stereocenters. The minimum Gasteiger partial charge on any atom is -0.343 e. The highest BCUT2D eigenvalue weighted by Gasteiger charge is 2.32. The van der Waals surface area contributed by atoms with Gasteiger partial charge < -0.3 is 9.84 Å². The van der Waals surface area contributed by atoms with Crippen LogP contribution in [0.3, 0.4) is 0 Å². The lowest BCUT2D eigenvalue weighted by molar-refractivity contribution is 0.0942. The summed E-state index contributed by atoms with van der Waals surface area (Å²) in [5, 5.41) is 7.51. The van der Waals surface area contributed by atoms with E-state index in [0.717, 1.165) is 31.9 Å². The lowest BCUT2D eigenvalue weighted by atomic mass is 9.85. The SMILES string of the molecule is CC1CNC(C(C)(C)C)CN1CCc1ncon1. The molecule has 0 aromatic carbocycles. The van der Waals surface area contributed by atoms with E-state index < -0.39 is 0 Å². The molecule has 1 aliphatic rings. The van der Waals surface area contributed by atoms with E-state index in [0.29, 0.717) is 17.5 Å². The zero-order valence-corrected chi connectivity index (χ0v) is 11.8. The van der Waals surface area contributed by atoms with Crippen LogP contribution in [0.5, 0.6) is 0 Å². The highest BCUT2D eigenvalue weighted by atomic mass is 16.5. The summed E-state index contributed by atoms with van der Waals surface area (Å²) in [4.78, 5) is 6.59. The van der Waals surface area contributed by atoms with Crippen molar-refractivity contribution in [2.24, 2.45) is 5.41 Å². The fraction of sp³-hybridized carbons (Fsp3) is 0.846. The maximum atomic E-state index is 4.76. The van der Waals surface area contributed by atoms with E-state index in [1.807, 2.05) is 0 Å². The molecule has 1 aliphatic heterocycles. The average Bonchev–Trinajstić information content (AvgIpc) is 2.79. The second-order valence-electron chi connectivity index (χ2n) is 6.27. The third kappa shape index (κ3) is 3.29. The van der Waals surface area contributed by atoms with E-state index in [1.54, 1.807) is 0 Å². The van der Waals surface area contributed by atoms with Crippen LogP contribution in [-0.2, 0) is 6.42 Å². The van der Waals surface area contributed by atoms with E-state index in [9.17, 15) is 0 Å². The normalized spacial score (nSPS) is 26.4. The first-order valence-corrected chi connectivity index (χ1v) is 6.69. The largest absolute Gasteiger partial charge is 0.343 e. The fourth-order valence-electron chi connectivity index (χ4n) is 2.36. The highest BCUT2D eigenvalue weighted by Crippen LogP contribution is 2.23. The lowest BCUT2D eigenvalue weighted by Crippen LogP contribution is -2.59. The third-order valence-electron chi connectivity index (χ3n) is 3.78. The highest BCUT2D eigenvalue weighted by molar-refractivity contribution is 4.91. The van der Waals surface area contributed by atoms with E-state index in [-0.39, 0.29) is 0 Å². The molecule has 5 heteroatoms. The quantitative estimate of drug-likeness (QED) is 0.879. The number of hydrogen-bond donors (Lipinski definition) is 1. The van der Waals surface area contributed by atoms with Gasteiger partial charge in [-0.3, -0.25) is 4.90 Å². The van der Waals surface area contributed by atoms with Gasteiger partial charge in [-0.05, 0) is 12.3 Å². The van der Waals surface area contributed by atoms with Crippen molar-refractivity contribution in [2.45, 2.75) is 46.2 Å². The number of nitrogens with zero attached hydrogens (tertiary/aromatic N) is 3. The summed E-state index contributed by atoms with van der Waals surface area (Å²) >= 11 is 0. The zero-order valence-electron chi connectivity index (χ0n) is 11.8. The third-order valence-corrected chi connectivity index (χ3v) is 3.78. The van der Waals surface area contributed by atoms with Gasteiger partial charge in [0.05, 0.1) is 0 Å². The van der Waals surface area contributed by atoms with Crippen molar-refractivity contribution in [3.8, 4) is 0 Å². The molecule has 0 amide bonds. The summed E-state index contributed by atoms with van der Waals surface area (Å²) in [6.45, 7) is 12.3.